The Labute approximate surface area is 103 Å². The van der Waals surface area contributed by atoms with Crippen molar-refractivity contribution in [3.8, 4) is 11.8 Å². The maximum atomic E-state index is 10.6. The second kappa shape index (κ2) is 5.64. The van der Waals surface area contributed by atoms with E-state index in [1.54, 1.807) is 0 Å². The highest BCUT2D eigenvalue weighted by Gasteiger charge is 2.10. The van der Waals surface area contributed by atoms with Gasteiger partial charge in [-0.25, -0.2) is 4.79 Å². The van der Waals surface area contributed by atoms with Gasteiger partial charge in [0.15, 0.2) is 0 Å². The van der Waals surface area contributed by atoms with E-state index in [1.807, 2.05) is 6.92 Å². The lowest BCUT2D eigenvalue weighted by atomic mass is 10.1. The van der Waals surface area contributed by atoms with Gasteiger partial charge in [0.1, 0.15) is 0 Å². The van der Waals surface area contributed by atoms with Gasteiger partial charge in [0.25, 0.3) is 0 Å². The summed E-state index contributed by atoms with van der Waals surface area (Å²) in [6, 6.07) is 3.05. The van der Waals surface area contributed by atoms with Crippen molar-refractivity contribution in [2.45, 2.75) is 13.3 Å². The number of carbonyl (C=O) groups is 1. The molecular formula is C11H9Cl2NO2. The van der Waals surface area contributed by atoms with Crippen LogP contribution < -0.4 is 5.32 Å². The molecule has 0 unspecified atom stereocenters. The van der Waals surface area contributed by atoms with Gasteiger partial charge >= 0.3 is 6.09 Å². The lowest BCUT2D eigenvalue weighted by molar-refractivity contribution is 0.209. The number of nitrogens with one attached hydrogen (secondary N) is 1. The standard InChI is InChI=1S/C11H9Cl2NO2/c1-2-3-4-7-9(14-11(15)16)6-5-8(12)10(7)13/h5-6,14H,2H2,1H3,(H,15,16). The Hall–Kier alpha value is -1.37. The first kappa shape index (κ1) is 12.7. The van der Waals surface area contributed by atoms with Crippen LogP contribution in [0.2, 0.25) is 10.0 Å². The normalized spacial score (nSPS) is 9.19. The van der Waals surface area contributed by atoms with Crippen LogP contribution in [0.3, 0.4) is 0 Å². The molecule has 1 aromatic rings. The Balaban J connectivity index is 3.26. The summed E-state index contributed by atoms with van der Waals surface area (Å²) in [5.41, 5.74) is 0.737. The van der Waals surface area contributed by atoms with Crippen LogP contribution in [0.25, 0.3) is 0 Å². The van der Waals surface area contributed by atoms with Crippen LogP contribution in [-0.4, -0.2) is 11.2 Å². The zero-order chi connectivity index (χ0) is 12.1. The van der Waals surface area contributed by atoms with Crippen LogP contribution in [-0.2, 0) is 0 Å². The number of benzene rings is 1. The van der Waals surface area contributed by atoms with E-state index in [2.05, 4.69) is 17.2 Å². The van der Waals surface area contributed by atoms with Crippen LogP contribution in [0, 0.1) is 11.8 Å². The SMILES string of the molecule is CCC#Cc1c(NC(=O)O)ccc(Cl)c1Cl. The fraction of sp³-hybridized carbons (Fsp3) is 0.182. The molecule has 0 saturated carbocycles. The number of rotatable bonds is 1. The van der Waals surface area contributed by atoms with Gasteiger partial charge in [-0.2, -0.15) is 0 Å². The van der Waals surface area contributed by atoms with E-state index in [-0.39, 0.29) is 5.02 Å². The molecule has 0 aliphatic rings. The molecule has 84 valence electrons. The molecule has 0 atom stereocenters. The summed E-state index contributed by atoms with van der Waals surface area (Å²) in [5, 5.41) is 11.5. The Kier molecular flexibility index (Phi) is 4.48. The highest BCUT2D eigenvalue weighted by Crippen LogP contribution is 2.30. The molecule has 0 aliphatic carbocycles. The van der Waals surface area contributed by atoms with Crippen molar-refractivity contribution in [1.82, 2.24) is 0 Å². The Morgan fingerprint density at radius 2 is 2.19 bits per heavy atom. The lowest BCUT2D eigenvalue weighted by Gasteiger charge is -2.07. The molecule has 2 N–H and O–H groups in total. The first-order valence-corrected chi connectivity index (χ1v) is 5.28. The van der Waals surface area contributed by atoms with Crippen molar-refractivity contribution in [2.24, 2.45) is 0 Å². The van der Waals surface area contributed by atoms with Crippen molar-refractivity contribution in [3.63, 3.8) is 0 Å². The first-order valence-electron chi connectivity index (χ1n) is 4.53. The lowest BCUT2D eigenvalue weighted by Crippen LogP contribution is -2.08. The summed E-state index contributed by atoms with van der Waals surface area (Å²) in [5.74, 6) is 5.61. The smallest absolute Gasteiger partial charge is 0.409 e. The summed E-state index contributed by atoms with van der Waals surface area (Å²) in [7, 11) is 0. The highest BCUT2D eigenvalue weighted by atomic mass is 35.5. The van der Waals surface area contributed by atoms with Gasteiger partial charge in [-0.15, -0.1) is 0 Å². The van der Waals surface area contributed by atoms with E-state index in [1.165, 1.54) is 12.1 Å². The Bertz CT molecular complexity index is 475. The second-order valence-electron chi connectivity index (χ2n) is 2.87. The largest absolute Gasteiger partial charge is 0.465 e. The summed E-state index contributed by atoms with van der Waals surface area (Å²) in [6.07, 6.45) is -0.520. The van der Waals surface area contributed by atoms with E-state index in [4.69, 9.17) is 28.3 Å². The van der Waals surface area contributed by atoms with E-state index in [9.17, 15) is 4.79 Å². The minimum absolute atomic E-state index is 0.258. The zero-order valence-electron chi connectivity index (χ0n) is 8.47. The summed E-state index contributed by atoms with van der Waals surface area (Å²) >= 11 is 11.8. The van der Waals surface area contributed by atoms with Crippen LogP contribution >= 0.6 is 23.2 Å². The summed E-state index contributed by atoms with van der Waals surface area (Å²) in [4.78, 5) is 10.6. The molecule has 0 spiro atoms. The third kappa shape index (κ3) is 3.06. The fourth-order valence-electron chi connectivity index (χ4n) is 1.07. The highest BCUT2D eigenvalue weighted by molar-refractivity contribution is 6.43. The van der Waals surface area contributed by atoms with E-state index < -0.39 is 6.09 Å². The van der Waals surface area contributed by atoms with Gasteiger partial charge in [-0.05, 0) is 12.1 Å². The predicted molar refractivity (Wildman–Crippen MR) is 65.3 cm³/mol. The third-order valence-electron chi connectivity index (χ3n) is 1.73. The first-order chi connectivity index (χ1) is 7.56. The summed E-state index contributed by atoms with van der Waals surface area (Å²) in [6.45, 7) is 1.88. The summed E-state index contributed by atoms with van der Waals surface area (Å²) < 4.78 is 0. The average Bonchev–Trinajstić information content (AvgIpc) is 2.22. The molecule has 0 aromatic heterocycles. The molecule has 16 heavy (non-hydrogen) atoms. The van der Waals surface area contributed by atoms with Crippen molar-refractivity contribution in [3.05, 3.63) is 27.7 Å². The molecule has 0 fully saturated rings. The maximum absolute atomic E-state index is 10.6. The van der Waals surface area contributed by atoms with Gasteiger partial charge in [0.05, 0.1) is 21.3 Å². The fourth-order valence-corrected chi connectivity index (χ4v) is 1.44. The minimum atomic E-state index is -1.17. The van der Waals surface area contributed by atoms with Crippen LogP contribution in [0.15, 0.2) is 12.1 Å². The van der Waals surface area contributed by atoms with Crippen molar-refractivity contribution in [1.29, 1.82) is 0 Å². The molecule has 1 rings (SSSR count). The van der Waals surface area contributed by atoms with Crippen LogP contribution in [0.1, 0.15) is 18.9 Å². The second-order valence-corrected chi connectivity index (χ2v) is 3.65. The molecule has 5 heteroatoms. The monoisotopic (exact) mass is 257 g/mol. The van der Waals surface area contributed by atoms with Crippen LogP contribution in [0.4, 0.5) is 10.5 Å². The van der Waals surface area contributed by atoms with Gasteiger partial charge in [-0.3, -0.25) is 5.32 Å². The average molecular weight is 258 g/mol. The minimum Gasteiger partial charge on any atom is -0.465 e. The molecule has 0 bridgehead atoms. The zero-order valence-corrected chi connectivity index (χ0v) is 9.99. The maximum Gasteiger partial charge on any atom is 0.409 e. The number of amides is 1. The number of carboxylic acid groups (broad SMARTS) is 1. The van der Waals surface area contributed by atoms with Crippen molar-refractivity contribution >= 4 is 35.0 Å². The number of halogens is 2. The van der Waals surface area contributed by atoms with E-state index >= 15 is 0 Å². The number of hydrogen-bond acceptors (Lipinski definition) is 1. The van der Waals surface area contributed by atoms with Gasteiger partial charge in [0, 0.05) is 6.42 Å². The molecule has 0 radical (unpaired) electrons. The molecular weight excluding hydrogens is 249 g/mol. The molecule has 3 nitrogen and oxygen atoms in total. The molecule has 0 saturated heterocycles. The van der Waals surface area contributed by atoms with E-state index in [0.29, 0.717) is 22.7 Å². The molecule has 0 heterocycles. The molecule has 0 aliphatic heterocycles. The molecule has 1 amide bonds. The third-order valence-corrected chi connectivity index (χ3v) is 2.53. The topological polar surface area (TPSA) is 49.3 Å². The van der Waals surface area contributed by atoms with Crippen molar-refractivity contribution in [2.75, 3.05) is 5.32 Å². The number of anilines is 1. The quantitative estimate of drug-likeness (QED) is 0.751. The Morgan fingerprint density at radius 3 is 2.75 bits per heavy atom. The predicted octanol–water partition coefficient (Wildman–Crippen LogP) is 3.84. The van der Waals surface area contributed by atoms with Crippen LogP contribution in [0.5, 0.6) is 0 Å². The Morgan fingerprint density at radius 1 is 1.50 bits per heavy atom. The van der Waals surface area contributed by atoms with Crippen molar-refractivity contribution < 1.29 is 9.90 Å². The van der Waals surface area contributed by atoms with Gasteiger partial charge < -0.3 is 5.11 Å². The molecule has 1 aromatic carbocycles. The number of hydrogen-bond donors (Lipinski definition) is 2. The van der Waals surface area contributed by atoms with Gasteiger partial charge in [0.2, 0.25) is 0 Å². The van der Waals surface area contributed by atoms with E-state index in [0.717, 1.165) is 0 Å². The van der Waals surface area contributed by atoms with Gasteiger partial charge in [-0.1, -0.05) is 42.0 Å².